The quantitative estimate of drug-likeness (QED) is 0.506. The number of rotatable bonds is 8. The third-order valence-electron chi connectivity index (χ3n) is 7.99. The van der Waals surface area contributed by atoms with Crippen molar-refractivity contribution >= 4 is 15.8 Å². The Morgan fingerprint density at radius 2 is 1.41 bits per heavy atom. The zero-order valence-corrected chi connectivity index (χ0v) is 21.6. The van der Waals surface area contributed by atoms with Crippen LogP contribution in [0.15, 0.2) is 29.2 Å². The molecule has 3 fully saturated rings. The molecule has 1 aromatic rings. The minimum absolute atomic E-state index is 0.0240. The standard InChI is InChI=1S/C27H43N3O3S/c31-27(23-29-20-13-24(14-21-29)12-19-28-15-5-1-2-6-16-28)25-10-9-11-26(22-25)34(32,33)30-17-7-3-4-8-18-30/h9-11,22,24H,1-8,12-21,23H2. The molecule has 3 heterocycles. The van der Waals surface area contributed by atoms with E-state index in [1.54, 1.807) is 28.6 Å². The molecule has 1 aromatic carbocycles. The van der Waals surface area contributed by atoms with Crippen LogP contribution in [0.2, 0.25) is 0 Å². The molecule has 0 bridgehead atoms. The molecular weight excluding hydrogens is 446 g/mol. The van der Waals surface area contributed by atoms with Crippen LogP contribution in [0.3, 0.4) is 0 Å². The molecule has 0 unspecified atom stereocenters. The molecule has 7 heteroatoms. The Morgan fingerprint density at radius 1 is 0.794 bits per heavy atom. The number of Topliss-reactive ketones (excluding diaryl/α,β-unsaturated/α-hetero) is 1. The van der Waals surface area contributed by atoms with Gasteiger partial charge in [0.05, 0.1) is 11.4 Å². The second-order valence-corrected chi connectivity index (χ2v) is 12.5. The second kappa shape index (κ2) is 12.6. The van der Waals surface area contributed by atoms with E-state index in [4.69, 9.17) is 0 Å². The van der Waals surface area contributed by atoms with E-state index in [0.717, 1.165) is 57.5 Å². The van der Waals surface area contributed by atoms with E-state index in [-0.39, 0.29) is 10.7 Å². The summed E-state index contributed by atoms with van der Waals surface area (Å²) in [5, 5.41) is 0. The lowest BCUT2D eigenvalue weighted by molar-refractivity contribution is 0.0888. The maximum Gasteiger partial charge on any atom is 0.243 e. The van der Waals surface area contributed by atoms with Gasteiger partial charge < -0.3 is 4.90 Å². The molecule has 0 atom stereocenters. The normalized spacial score (nSPS) is 22.8. The Hall–Kier alpha value is -1.28. The Labute approximate surface area is 206 Å². The number of piperidine rings is 1. The maximum absolute atomic E-state index is 13.1. The van der Waals surface area contributed by atoms with Gasteiger partial charge in [-0.2, -0.15) is 4.31 Å². The zero-order valence-electron chi connectivity index (χ0n) is 20.8. The van der Waals surface area contributed by atoms with Gasteiger partial charge in [-0.3, -0.25) is 9.69 Å². The van der Waals surface area contributed by atoms with Crippen molar-refractivity contribution in [2.75, 3.05) is 52.4 Å². The lowest BCUT2D eigenvalue weighted by atomic mass is 9.93. The van der Waals surface area contributed by atoms with Gasteiger partial charge in [-0.05, 0) is 95.7 Å². The first-order valence-corrected chi connectivity index (χ1v) is 15.0. The lowest BCUT2D eigenvalue weighted by Gasteiger charge is -2.32. The molecule has 0 N–H and O–H groups in total. The summed E-state index contributed by atoms with van der Waals surface area (Å²) in [5.74, 6) is 0.785. The Kier molecular flexibility index (Phi) is 9.57. The smallest absolute Gasteiger partial charge is 0.243 e. The predicted octanol–water partition coefficient (Wildman–Crippen LogP) is 4.41. The van der Waals surface area contributed by atoms with E-state index >= 15 is 0 Å². The van der Waals surface area contributed by atoms with Crippen LogP contribution in [0.25, 0.3) is 0 Å². The summed E-state index contributed by atoms with van der Waals surface area (Å²) in [6.07, 6.45) is 13.0. The van der Waals surface area contributed by atoms with Gasteiger partial charge in [0.15, 0.2) is 5.78 Å². The third-order valence-corrected chi connectivity index (χ3v) is 9.88. The summed E-state index contributed by atoms with van der Waals surface area (Å²) >= 11 is 0. The van der Waals surface area contributed by atoms with Gasteiger partial charge >= 0.3 is 0 Å². The molecule has 4 rings (SSSR count). The minimum atomic E-state index is -3.54. The van der Waals surface area contributed by atoms with Crippen molar-refractivity contribution in [3.8, 4) is 0 Å². The number of hydrogen-bond acceptors (Lipinski definition) is 5. The van der Waals surface area contributed by atoms with E-state index in [1.165, 1.54) is 51.7 Å². The van der Waals surface area contributed by atoms with Crippen molar-refractivity contribution in [1.82, 2.24) is 14.1 Å². The summed E-state index contributed by atoms with van der Waals surface area (Å²) in [4.78, 5) is 18.2. The molecule has 0 aliphatic carbocycles. The molecule has 3 aliphatic heterocycles. The lowest BCUT2D eigenvalue weighted by Crippen LogP contribution is -2.38. The SMILES string of the molecule is O=C(CN1CCC(CCN2CCCCCC2)CC1)c1cccc(S(=O)(=O)N2CCCCCC2)c1. The molecule has 190 valence electrons. The molecule has 0 aromatic heterocycles. The highest BCUT2D eigenvalue weighted by Crippen LogP contribution is 2.24. The molecule has 3 aliphatic rings. The highest BCUT2D eigenvalue weighted by Gasteiger charge is 2.27. The van der Waals surface area contributed by atoms with Crippen molar-refractivity contribution in [2.45, 2.75) is 75.5 Å². The van der Waals surface area contributed by atoms with Gasteiger partial charge in [0, 0.05) is 18.7 Å². The van der Waals surface area contributed by atoms with E-state index in [0.29, 0.717) is 25.2 Å². The second-order valence-electron chi connectivity index (χ2n) is 10.5. The van der Waals surface area contributed by atoms with Crippen LogP contribution in [0.5, 0.6) is 0 Å². The topological polar surface area (TPSA) is 60.9 Å². The van der Waals surface area contributed by atoms with Gasteiger partial charge in [-0.25, -0.2) is 8.42 Å². The van der Waals surface area contributed by atoms with E-state index in [2.05, 4.69) is 9.80 Å². The Morgan fingerprint density at radius 3 is 2.06 bits per heavy atom. The van der Waals surface area contributed by atoms with Crippen LogP contribution >= 0.6 is 0 Å². The number of ketones is 1. The fourth-order valence-corrected chi connectivity index (χ4v) is 7.28. The van der Waals surface area contributed by atoms with Gasteiger partial charge in [0.25, 0.3) is 0 Å². The molecule has 0 radical (unpaired) electrons. The number of carbonyl (C=O) groups excluding carboxylic acids is 1. The van der Waals surface area contributed by atoms with E-state index < -0.39 is 10.0 Å². The fraction of sp³-hybridized carbons (Fsp3) is 0.741. The minimum Gasteiger partial charge on any atom is -0.303 e. The van der Waals surface area contributed by atoms with Crippen LogP contribution in [0.1, 0.15) is 81.0 Å². The van der Waals surface area contributed by atoms with Crippen molar-refractivity contribution < 1.29 is 13.2 Å². The first kappa shape index (κ1) is 25.8. The first-order chi connectivity index (χ1) is 16.5. The molecule has 3 saturated heterocycles. The van der Waals surface area contributed by atoms with E-state index in [9.17, 15) is 13.2 Å². The molecule has 6 nitrogen and oxygen atoms in total. The molecule has 34 heavy (non-hydrogen) atoms. The largest absolute Gasteiger partial charge is 0.303 e. The summed E-state index contributed by atoms with van der Waals surface area (Å²) in [5.41, 5.74) is 0.513. The van der Waals surface area contributed by atoms with Crippen molar-refractivity contribution in [1.29, 1.82) is 0 Å². The van der Waals surface area contributed by atoms with Crippen LogP contribution in [0.4, 0.5) is 0 Å². The molecule has 0 spiro atoms. The first-order valence-electron chi connectivity index (χ1n) is 13.6. The fourth-order valence-electron chi connectivity index (χ4n) is 5.71. The number of likely N-dealkylation sites (tertiary alicyclic amines) is 2. The van der Waals surface area contributed by atoms with Crippen LogP contribution in [0, 0.1) is 5.92 Å². The number of hydrogen-bond donors (Lipinski definition) is 0. The summed E-state index contributed by atoms with van der Waals surface area (Å²) in [6.45, 7) is 7.21. The summed E-state index contributed by atoms with van der Waals surface area (Å²) in [7, 11) is -3.54. The van der Waals surface area contributed by atoms with Crippen molar-refractivity contribution in [2.24, 2.45) is 5.92 Å². The zero-order chi connectivity index (χ0) is 23.8. The number of benzene rings is 1. The third kappa shape index (κ3) is 7.12. The van der Waals surface area contributed by atoms with Crippen LogP contribution < -0.4 is 0 Å². The Balaban J connectivity index is 1.26. The predicted molar refractivity (Wildman–Crippen MR) is 137 cm³/mol. The molecule has 0 amide bonds. The molecule has 0 saturated carbocycles. The highest BCUT2D eigenvalue weighted by atomic mass is 32.2. The summed E-state index contributed by atoms with van der Waals surface area (Å²) < 4.78 is 27.9. The van der Waals surface area contributed by atoms with E-state index in [1.807, 2.05) is 0 Å². The number of carbonyl (C=O) groups is 1. The highest BCUT2D eigenvalue weighted by molar-refractivity contribution is 7.89. The number of sulfonamides is 1. The Bertz CT molecular complexity index is 880. The van der Waals surface area contributed by atoms with Gasteiger partial charge in [-0.15, -0.1) is 0 Å². The monoisotopic (exact) mass is 489 g/mol. The average Bonchev–Trinajstić information content (AvgIpc) is 3.30. The van der Waals surface area contributed by atoms with Crippen LogP contribution in [-0.4, -0.2) is 80.7 Å². The van der Waals surface area contributed by atoms with Gasteiger partial charge in [-0.1, -0.05) is 37.8 Å². The van der Waals surface area contributed by atoms with Gasteiger partial charge in [0.2, 0.25) is 10.0 Å². The van der Waals surface area contributed by atoms with Gasteiger partial charge in [0.1, 0.15) is 0 Å². The maximum atomic E-state index is 13.1. The van der Waals surface area contributed by atoms with Crippen molar-refractivity contribution in [3.05, 3.63) is 29.8 Å². The number of nitrogens with zero attached hydrogens (tertiary/aromatic N) is 3. The average molecular weight is 490 g/mol. The summed E-state index contributed by atoms with van der Waals surface area (Å²) in [6, 6.07) is 6.70. The van der Waals surface area contributed by atoms with Crippen LogP contribution in [-0.2, 0) is 10.0 Å². The molecular formula is C27H43N3O3S. The van der Waals surface area contributed by atoms with Crippen molar-refractivity contribution in [3.63, 3.8) is 0 Å².